The lowest BCUT2D eigenvalue weighted by molar-refractivity contribution is -0.0446. The Balaban J connectivity index is 1.67. The van der Waals surface area contributed by atoms with Crippen molar-refractivity contribution in [3.8, 4) is 0 Å². The average molecular weight is 285 g/mol. The van der Waals surface area contributed by atoms with E-state index in [0.717, 1.165) is 17.2 Å². The van der Waals surface area contributed by atoms with Gasteiger partial charge in [0.2, 0.25) is 5.65 Å². The van der Waals surface area contributed by atoms with Crippen LogP contribution in [0.25, 0.3) is 5.65 Å². The highest BCUT2D eigenvalue weighted by Crippen LogP contribution is 2.38. The topological polar surface area (TPSA) is 73.4 Å². The summed E-state index contributed by atoms with van der Waals surface area (Å²) in [6.07, 6.45) is 7.05. The van der Waals surface area contributed by atoms with Crippen molar-refractivity contribution in [3.05, 3.63) is 36.7 Å². The van der Waals surface area contributed by atoms with Crippen LogP contribution in [-0.2, 0) is 17.4 Å². The predicted molar refractivity (Wildman–Crippen MR) is 74.9 cm³/mol. The molecule has 21 heavy (non-hydrogen) atoms. The first kappa shape index (κ1) is 12.3. The number of anilines is 1. The van der Waals surface area contributed by atoms with E-state index >= 15 is 0 Å². The highest BCUT2D eigenvalue weighted by Gasteiger charge is 2.48. The fourth-order valence-electron chi connectivity index (χ4n) is 2.90. The van der Waals surface area contributed by atoms with Gasteiger partial charge in [-0.25, -0.2) is 4.98 Å². The molecular weight excluding hydrogens is 270 g/mol. The van der Waals surface area contributed by atoms with Gasteiger partial charge < -0.3 is 9.64 Å². The van der Waals surface area contributed by atoms with E-state index in [1.165, 1.54) is 0 Å². The first-order valence-corrected chi connectivity index (χ1v) is 6.66. The molecule has 0 aliphatic carbocycles. The first-order chi connectivity index (χ1) is 10.2. The van der Waals surface area contributed by atoms with Gasteiger partial charge in [-0.1, -0.05) is 0 Å². The third kappa shape index (κ3) is 1.65. The minimum Gasteiger partial charge on any atom is -0.368 e. The minimum absolute atomic E-state index is 0.347. The van der Waals surface area contributed by atoms with Crippen LogP contribution < -0.4 is 4.90 Å². The van der Waals surface area contributed by atoms with Crippen LogP contribution in [0.15, 0.2) is 31.0 Å². The van der Waals surface area contributed by atoms with Crippen molar-refractivity contribution in [2.24, 2.45) is 7.05 Å². The molecule has 1 aliphatic heterocycles. The molecule has 0 saturated carbocycles. The molecule has 0 atom stereocenters. The van der Waals surface area contributed by atoms with Gasteiger partial charge in [0.15, 0.2) is 5.82 Å². The third-order valence-electron chi connectivity index (χ3n) is 4.07. The Morgan fingerprint density at radius 2 is 2.14 bits per heavy atom. The van der Waals surface area contributed by atoms with E-state index in [1.54, 1.807) is 25.8 Å². The summed E-state index contributed by atoms with van der Waals surface area (Å²) in [6.45, 7) is 1.42. The summed E-state index contributed by atoms with van der Waals surface area (Å²) < 4.78 is 9.48. The highest BCUT2D eigenvalue weighted by molar-refractivity contribution is 5.65. The Morgan fingerprint density at radius 3 is 2.86 bits per heavy atom. The SMILES string of the molecule is COC1(c2ccnn2C)CN(c2nccn3cnnc23)C1. The molecule has 0 N–H and O–H groups in total. The normalized spacial score (nSPS) is 17.1. The maximum Gasteiger partial charge on any atom is 0.203 e. The molecule has 0 bridgehead atoms. The van der Waals surface area contributed by atoms with Crippen molar-refractivity contribution in [3.63, 3.8) is 0 Å². The second-order valence-electron chi connectivity index (χ2n) is 5.21. The number of rotatable bonds is 3. The summed E-state index contributed by atoms with van der Waals surface area (Å²) in [6, 6.07) is 1.99. The molecule has 1 saturated heterocycles. The van der Waals surface area contributed by atoms with Crippen LogP contribution >= 0.6 is 0 Å². The minimum atomic E-state index is -0.347. The van der Waals surface area contributed by atoms with Gasteiger partial charge in [0.1, 0.15) is 11.9 Å². The molecule has 0 amide bonds. The summed E-state index contributed by atoms with van der Waals surface area (Å²) >= 11 is 0. The fraction of sp³-hybridized carbons (Fsp3) is 0.385. The number of hydrogen-bond donors (Lipinski definition) is 0. The summed E-state index contributed by atoms with van der Waals surface area (Å²) in [5, 5.41) is 12.3. The average Bonchev–Trinajstić information content (AvgIpc) is 3.08. The Morgan fingerprint density at radius 1 is 1.29 bits per heavy atom. The Labute approximate surface area is 121 Å². The van der Waals surface area contributed by atoms with Crippen molar-refractivity contribution in [1.29, 1.82) is 0 Å². The molecule has 3 aromatic heterocycles. The second kappa shape index (κ2) is 4.26. The number of methoxy groups -OCH3 is 1. The molecule has 3 aromatic rings. The maximum atomic E-state index is 5.77. The van der Waals surface area contributed by atoms with Crippen molar-refractivity contribution < 1.29 is 4.74 Å². The lowest BCUT2D eigenvalue weighted by atomic mass is 9.90. The Bertz CT molecular complexity index is 787. The van der Waals surface area contributed by atoms with E-state index in [1.807, 2.05) is 28.4 Å². The van der Waals surface area contributed by atoms with E-state index in [-0.39, 0.29) is 5.60 Å². The number of aryl methyl sites for hydroxylation is 1. The Kier molecular flexibility index (Phi) is 2.49. The third-order valence-corrected chi connectivity index (χ3v) is 4.07. The van der Waals surface area contributed by atoms with Crippen LogP contribution in [0.1, 0.15) is 5.69 Å². The number of ether oxygens (including phenoxy) is 1. The van der Waals surface area contributed by atoms with Gasteiger partial charge in [0.25, 0.3) is 0 Å². The van der Waals surface area contributed by atoms with Gasteiger partial charge in [-0.05, 0) is 6.07 Å². The molecule has 1 aliphatic rings. The Hall–Kier alpha value is -2.48. The summed E-state index contributed by atoms with van der Waals surface area (Å²) in [7, 11) is 3.66. The van der Waals surface area contributed by atoms with Crippen molar-refractivity contribution in [2.45, 2.75) is 5.60 Å². The van der Waals surface area contributed by atoms with E-state index < -0.39 is 0 Å². The van der Waals surface area contributed by atoms with Crippen LogP contribution in [0, 0.1) is 0 Å². The zero-order chi connectivity index (χ0) is 14.4. The molecule has 0 aromatic carbocycles. The largest absolute Gasteiger partial charge is 0.368 e. The molecule has 1 fully saturated rings. The van der Waals surface area contributed by atoms with Crippen molar-refractivity contribution in [1.82, 2.24) is 29.4 Å². The van der Waals surface area contributed by atoms with Crippen LogP contribution in [0.2, 0.25) is 0 Å². The quantitative estimate of drug-likeness (QED) is 0.685. The molecule has 4 heterocycles. The molecule has 8 nitrogen and oxygen atoms in total. The zero-order valence-electron chi connectivity index (χ0n) is 11.8. The van der Waals surface area contributed by atoms with Crippen LogP contribution in [0.5, 0.6) is 0 Å². The van der Waals surface area contributed by atoms with Gasteiger partial charge in [0.05, 0.1) is 18.8 Å². The summed E-state index contributed by atoms with van der Waals surface area (Å²) in [5.74, 6) is 0.824. The molecule has 8 heteroatoms. The number of aromatic nitrogens is 6. The van der Waals surface area contributed by atoms with Crippen molar-refractivity contribution in [2.75, 3.05) is 25.1 Å². The first-order valence-electron chi connectivity index (χ1n) is 6.66. The van der Waals surface area contributed by atoms with Gasteiger partial charge in [0, 0.05) is 32.7 Å². The molecule has 0 unspecified atom stereocenters. The lowest BCUT2D eigenvalue weighted by Crippen LogP contribution is -2.61. The lowest BCUT2D eigenvalue weighted by Gasteiger charge is -2.49. The molecular formula is C13H15N7O. The van der Waals surface area contributed by atoms with Crippen molar-refractivity contribution >= 4 is 11.5 Å². The molecule has 0 spiro atoms. The monoisotopic (exact) mass is 285 g/mol. The van der Waals surface area contributed by atoms with Gasteiger partial charge in [-0.15, -0.1) is 10.2 Å². The summed E-state index contributed by atoms with van der Waals surface area (Å²) in [4.78, 5) is 6.57. The van der Waals surface area contributed by atoms with E-state index in [0.29, 0.717) is 13.1 Å². The second-order valence-corrected chi connectivity index (χ2v) is 5.21. The number of fused-ring (bicyclic) bond motifs is 1. The smallest absolute Gasteiger partial charge is 0.203 e. The van der Waals surface area contributed by atoms with Gasteiger partial charge in [-0.2, -0.15) is 5.10 Å². The van der Waals surface area contributed by atoms with Gasteiger partial charge in [-0.3, -0.25) is 9.08 Å². The van der Waals surface area contributed by atoms with Crippen LogP contribution in [-0.4, -0.2) is 49.6 Å². The number of hydrogen-bond acceptors (Lipinski definition) is 6. The van der Waals surface area contributed by atoms with E-state index in [9.17, 15) is 0 Å². The van der Waals surface area contributed by atoms with Crippen LogP contribution in [0.4, 0.5) is 5.82 Å². The van der Waals surface area contributed by atoms with Gasteiger partial charge >= 0.3 is 0 Å². The maximum absolute atomic E-state index is 5.77. The summed E-state index contributed by atoms with van der Waals surface area (Å²) in [5.41, 5.74) is 1.47. The molecule has 0 radical (unpaired) electrons. The predicted octanol–water partition coefficient (Wildman–Crippen LogP) is 0.220. The van der Waals surface area contributed by atoms with Crippen LogP contribution in [0.3, 0.4) is 0 Å². The fourth-order valence-corrected chi connectivity index (χ4v) is 2.90. The highest BCUT2D eigenvalue weighted by atomic mass is 16.5. The zero-order valence-corrected chi connectivity index (χ0v) is 11.8. The standard InChI is InChI=1S/C13H15N7O/c1-18-10(3-4-16-18)13(21-2)7-20(8-13)11-12-17-15-9-19(12)6-5-14-11/h3-6,9H,7-8H2,1-2H3. The number of nitrogens with zero attached hydrogens (tertiary/aromatic N) is 7. The molecule has 108 valence electrons. The van der Waals surface area contributed by atoms with E-state index in [4.69, 9.17) is 4.74 Å². The molecule has 4 rings (SSSR count). The van der Waals surface area contributed by atoms with E-state index in [2.05, 4.69) is 25.2 Å².